The van der Waals surface area contributed by atoms with Crippen LogP contribution < -0.4 is 4.90 Å². The number of ether oxygens (including phenoxy) is 1. The molecule has 112 valence electrons. The van der Waals surface area contributed by atoms with Gasteiger partial charge in [0.15, 0.2) is 0 Å². The predicted molar refractivity (Wildman–Crippen MR) is 69.0 cm³/mol. The van der Waals surface area contributed by atoms with Crippen molar-refractivity contribution in [1.82, 2.24) is 0 Å². The monoisotopic (exact) mass is 318 g/mol. The second-order valence-electron chi connectivity index (χ2n) is 4.62. The summed E-state index contributed by atoms with van der Waals surface area (Å²) in [5, 5.41) is 8.85. The van der Waals surface area contributed by atoms with Crippen LogP contribution in [0.2, 0.25) is 5.02 Å². The van der Waals surface area contributed by atoms with E-state index in [-0.39, 0.29) is 22.9 Å². The lowest BCUT2D eigenvalue weighted by molar-refractivity contribution is -0.174. The van der Waals surface area contributed by atoms with Gasteiger partial charge in [-0.3, -0.25) is 4.90 Å². The van der Waals surface area contributed by atoms with E-state index in [1.165, 1.54) is 18.2 Å². The molecule has 1 aliphatic rings. The normalized spacial score (nSPS) is 20.1. The van der Waals surface area contributed by atoms with Gasteiger partial charge in [-0.15, -0.1) is 0 Å². The second-order valence-corrected chi connectivity index (χ2v) is 5.03. The first kappa shape index (κ1) is 15.4. The highest BCUT2D eigenvalue weighted by Crippen LogP contribution is 2.36. The summed E-state index contributed by atoms with van der Waals surface area (Å²) in [4.78, 5) is 12.6. The van der Waals surface area contributed by atoms with E-state index in [0.717, 1.165) is 11.8 Å². The summed E-state index contributed by atoms with van der Waals surface area (Å²) >= 11 is 5.85. The Labute approximate surface area is 123 Å². The van der Waals surface area contributed by atoms with E-state index in [2.05, 4.69) is 0 Å². The largest absolute Gasteiger partial charge is 0.447 e. The van der Waals surface area contributed by atoms with Crippen molar-refractivity contribution in [3.8, 4) is 6.07 Å². The van der Waals surface area contributed by atoms with Gasteiger partial charge in [-0.25, -0.2) is 4.79 Å². The Bertz CT molecular complexity index is 612. The van der Waals surface area contributed by atoms with Crippen molar-refractivity contribution < 1.29 is 22.7 Å². The van der Waals surface area contributed by atoms with Crippen LogP contribution in [-0.4, -0.2) is 24.9 Å². The molecule has 0 spiro atoms. The minimum Gasteiger partial charge on any atom is -0.447 e. The molecule has 1 aliphatic heterocycles. The van der Waals surface area contributed by atoms with Gasteiger partial charge in [0.2, 0.25) is 0 Å². The van der Waals surface area contributed by atoms with E-state index in [0.29, 0.717) is 0 Å². The molecule has 4 nitrogen and oxygen atoms in total. The van der Waals surface area contributed by atoms with Gasteiger partial charge in [0.05, 0.1) is 22.5 Å². The summed E-state index contributed by atoms with van der Waals surface area (Å²) in [6.07, 6.45) is -5.32. The number of nitriles is 1. The Kier molecular flexibility index (Phi) is 4.01. The predicted octanol–water partition coefficient (Wildman–Crippen LogP) is 3.74. The first-order valence-corrected chi connectivity index (χ1v) is 6.36. The fraction of sp³-hybridized carbons (Fsp3) is 0.385. The van der Waals surface area contributed by atoms with Crippen molar-refractivity contribution in [2.75, 3.05) is 11.5 Å². The number of carbonyl (C=O) groups excluding carboxylic acids is 1. The fourth-order valence-electron chi connectivity index (χ4n) is 2.06. The number of carbonyl (C=O) groups is 1. The molecule has 1 aromatic carbocycles. The van der Waals surface area contributed by atoms with Crippen LogP contribution in [0.1, 0.15) is 12.5 Å². The van der Waals surface area contributed by atoms with Gasteiger partial charge >= 0.3 is 12.3 Å². The zero-order valence-corrected chi connectivity index (χ0v) is 11.6. The number of nitrogens with zero attached hydrogens (tertiary/aromatic N) is 2. The maximum atomic E-state index is 12.9. The Balaban J connectivity index is 2.38. The number of anilines is 1. The molecule has 1 fully saturated rings. The molecule has 0 radical (unpaired) electrons. The molecule has 2 rings (SSSR count). The van der Waals surface area contributed by atoms with Gasteiger partial charge in [-0.1, -0.05) is 18.5 Å². The van der Waals surface area contributed by atoms with Crippen molar-refractivity contribution in [2.45, 2.75) is 19.1 Å². The highest BCUT2D eigenvalue weighted by molar-refractivity contribution is 6.32. The summed E-state index contributed by atoms with van der Waals surface area (Å²) in [6.45, 7) is 0.641. The molecule has 1 amide bonds. The zero-order valence-electron chi connectivity index (χ0n) is 10.8. The average Bonchev–Trinajstić information content (AvgIpc) is 2.78. The van der Waals surface area contributed by atoms with E-state index in [4.69, 9.17) is 21.6 Å². The lowest BCUT2D eigenvalue weighted by Gasteiger charge is -2.28. The first-order valence-electron chi connectivity index (χ1n) is 5.98. The summed E-state index contributed by atoms with van der Waals surface area (Å²) < 4.78 is 43.3. The standard InChI is InChI=1S/C13H10ClF3N2O2/c1-7(13(15,16)17)11-6-21-12(20)19(11)9-3-2-8(5-18)10(14)4-9/h2-4,7,11H,6H2,1H3. The number of halogens is 4. The van der Waals surface area contributed by atoms with Crippen LogP contribution >= 0.6 is 11.6 Å². The van der Waals surface area contributed by atoms with Gasteiger partial charge in [-0.2, -0.15) is 18.4 Å². The number of rotatable bonds is 2. The molecule has 0 saturated carbocycles. The molecule has 0 N–H and O–H groups in total. The number of hydrogen-bond acceptors (Lipinski definition) is 3. The van der Waals surface area contributed by atoms with Crippen molar-refractivity contribution in [3.63, 3.8) is 0 Å². The second kappa shape index (κ2) is 5.45. The van der Waals surface area contributed by atoms with Crippen LogP contribution in [0.3, 0.4) is 0 Å². The number of hydrogen-bond donors (Lipinski definition) is 0. The van der Waals surface area contributed by atoms with Crippen LogP contribution in [0.4, 0.5) is 23.7 Å². The van der Waals surface area contributed by atoms with Crippen LogP contribution in [0.25, 0.3) is 0 Å². The van der Waals surface area contributed by atoms with Crippen LogP contribution in [0.5, 0.6) is 0 Å². The summed E-state index contributed by atoms with van der Waals surface area (Å²) in [7, 11) is 0. The van der Waals surface area contributed by atoms with Crippen molar-refractivity contribution >= 4 is 23.4 Å². The van der Waals surface area contributed by atoms with Gasteiger partial charge in [0, 0.05) is 5.69 Å². The summed E-state index contributed by atoms with van der Waals surface area (Å²) in [6, 6.07) is 4.67. The first-order chi connectivity index (χ1) is 9.75. The number of benzene rings is 1. The number of cyclic esters (lactones) is 1. The molecule has 2 unspecified atom stereocenters. The third-order valence-electron chi connectivity index (χ3n) is 3.35. The fourth-order valence-corrected chi connectivity index (χ4v) is 2.28. The lowest BCUT2D eigenvalue weighted by atomic mass is 10.0. The molecule has 1 saturated heterocycles. The molecular formula is C13H10ClF3N2O2. The minimum absolute atomic E-state index is 0.0631. The number of alkyl halides is 3. The van der Waals surface area contributed by atoms with E-state index >= 15 is 0 Å². The maximum Gasteiger partial charge on any atom is 0.414 e. The number of amides is 1. The Hall–Kier alpha value is -1.94. The van der Waals surface area contributed by atoms with Gasteiger partial charge in [0.1, 0.15) is 12.7 Å². The highest BCUT2D eigenvalue weighted by atomic mass is 35.5. The third-order valence-corrected chi connectivity index (χ3v) is 3.66. The van der Waals surface area contributed by atoms with Gasteiger partial charge in [-0.05, 0) is 18.2 Å². The zero-order chi connectivity index (χ0) is 15.8. The Morgan fingerprint density at radius 3 is 2.71 bits per heavy atom. The Morgan fingerprint density at radius 2 is 2.19 bits per heavy atom. The molecule has 8 heteroatoms. The third kappa shape index (κ3) is 2.90. The molecule has 0 aromatic heterocycles. The lowest BCUT2D eigenvalue weighted by Crippen LogP contribution is -2.43. The molecular weight excluding hydrogens is 309 g/mol. The van der Waals surface area contributed by atoms with Gasteiger partial charge < -0.3 is 4.74 Å². The Morgan fingerprint density at radius 1 is 1.52 bits per heavy atom. The summed E-state index contributed by atoms with van der Waals surface area (Å²) in [5.74, 6) is -1.75. The van der Waals surface area contributed by atoms with Crippen LogP contribution in [0, 0.1) is 17.2 Å². The van der Waals surface area contributed by atoms with Crippen molar-refractivity contribution in [3.05, 3.63) is 28.8 Å². The molecule has 21 heavy (non-hydrogen) atoms. The smallest absolute Gasteiger partial charge is 0.414 e. The molecule has 0 bridgehead atoms. The van der Waals surface area contributed by atoms with Gasteiger partial charge in [0.25, 0.3) is 0 Å². The molecule has 1 heterocycles. The van der Waals surface area contributed by atoms with Crippen molar-refractivity contribution in [1.29, 1.82) is 5.26 Å². The van der Waals surface area contributed by atoms with E-state index in [9.17, 15) is 18.0 Å². The average molecular weight is 319 g/mol. The van der Waals surface area contributed by atoms with E-state index in [1.807, 2.05) is 6.07 Å². The maximum absolute atomic E-state index is 12.9. The summed E-state index contributed by atoms with van der Waals surface area (Å²) in [5.41, 5.74) is 0.344. The van der Waals surface area contributed by atoms with E-state index in [1.54, 1.807) is 0 Å². The minimum atomic E-state index is -4.45. The SMILES string of the molecule is CC(C1COC(=O)N1c1ccc(C#N)c(Cl)c1)C(F)(F)F. The highest BCUT2D eigenvalue weighted by Gasteiger charge is 2.49. The van der Waals surface area contributed by atoms with E-state index < -0.39 is 24.2 Å². The van der Waals surface area contributed by atoms with Crippen molar-refractivity contribution in [2.24, 2.45) is 5.92 Å². The molecule has 1 aromatic rings. The quantitative estimate of drug-likeness (QED) is 0.834. The van der Waals surface area contributed by atoms with Crippen LogP contribution in [0.15, 0.2) is 18.2 Å². The van der Waals surface area contributed by atoms with Crippen LogP contribution in [-0.2, 0) is 4.74 Å². The molecule has 2 atom stereocenters. The molecule has 0 aliphatic carbocycles. The topological polar surface area (TPSA) is 53.3 Å².